The van der Waals surface area contributed by atoms with E-state index in [1.54, 1.807) is 36.4 Å². The highest BCUT2D eigenvalue weighted by atomic mass is 19.3. The van der Waals surface area contributed by atoms with Crippen molar-refractivity contribution in [1.29, 1.82) is 5.26 Å². The Bertz CT molecular complexity index is 890. The van der Waals surface area contributed by atoms with Gasteiger partial charge in [-0.25, -0.2) is 0 Å². The van der Waals surface area contributed by atoms with E-state index in [0.717, 1.165) is 0 Å². The van der Waals surface area contributed by atoms with E-state index in [9.17, 15) is 8.78 Å². The van der Waals surface area contributed by atoms with Gasteiger partial charge < -0.3 is 9.47 Å². The number of nitriles is 1. The van der Waals surface area contributed by atoms with Gasteiger partial charge >= 0.3 is 6.61 Å². The van der Waals surface area contributed by atoms with Gasteiger partial charge in [0.05, 0.1) is 11.3 Å². The van der Waals surface area contributed by atoms with Crippen LogP contribution in [0, 0.1) is 11.3 Å². The predicted octanol–water partition coefficient (Wildman–Crippen LogP) is 2.71. The Morgan fingerprint density at radius 1 is 1.12 bits per heavy atom. The molecular formula is C16H11F2N5O2. The molecule has 0 fully saturated rings. The number of benzene rings is 2. The molecule has 25 heavy (non-hydrogen) atoms. The van der Waals surface area contributed by atoms with Crippen LogP contribution in [0.15, 0.2) is 48.5 Å². The largest absolute Gasteiger partial charge is 0.484 e. The highest BCUT2D eigenvalue weighted by Gasteiger charge is 2.11. The molecule has 0 N–H and O–H groups in total. The van der Waals surface area contributed by atoms with Crippen LogP contribution in [0.2, 0.25) is 0 Å². The number of hydrogen-bond acceptors (Lipinski definition) is 6. The molecule has 0 unspecified atom stereocenters. The lowest BCUT2D eigenvalue weighted by atomic mass is 10.2. The molecule has 7 nitrogen and oxygen atoms in total. The third-order valence-corrected chi connectivity index (χ3v) is 3.20. The number of halogens is 2. The first-order valence-corrected chi connectivity index (χ1v) is 7.12. The first-order chi connectivity index (χ1) is 12.2. The molecule has 0 aliphatic carbocycles. The van der Waals surface area contributed by atoms with Crippen LogP contribution in [-0.2, 0) is 6.61 Å². The van der Waals surface area contributed by atoms with E-state index < -0.39 is 6.61 Å². The molecule has 0 saturated carbocycles. The van der Waals surface area contributed by atoms with Gasteiger partial charge in [0.15, 0.2) is 5.82 Å². The second kappa shape index (κ2) is 7.35. The van der Waals surface area contributed by atoms with Crippen molar-refractivity contribution in [2.45, 2.75) is 13.2 Å². The minimum atomic E-state index is -2.89. The molecular weight excluding hydrogens is 332 g/mol. The van der Waals surface area contributed by atoms with Crippen molar-refractivity contribution in [3.63, 3.8) is 0 Å². The summed E-state index contributed by atoms with van der Waals surface area (Å²) in [6.45, 7) is -2.86. The lowest BCUT2D eigenvalue weighted by Gasteiger charge is -2.09. The van der Waals surface area contributed by atoms with Gasteiger partial charge in [-0.3, -0.25) is 0 Å². The standard InChI is InChI=1S/C16H11F2N5O2/c17-16(18)25-13-7-5-12(6-8-13)23-15(20-21-22-23)10-24-14-4-2-1-3-11(14)9-19/h1-8,16H,10H2. The van der Waals surface area contributed by atoms with Crippen molar-refractivity contribution in [3.8, 4) is 23.3 Å². The van der Waals surface area contributed by atoms with Crippen molar-refractivity contribution >= 4 is 0 Å². The van der Waals surface area contributed by atoms with Crippen molar-refractivity contribution in [2.24, 2.45) is 0 Å². The second-order valence-electron chi connectivity index (χ2n) is 4.78. The van der Waals surface area contributed by atoms with Crippen molar-refractivity contribution in [1.82, 2.24) is 20.2 Å². The van der Waals surface area contributed by atoms with Crippen LogP contribution in [0.5, 0.6) is 11.5 Å². The summed E-state index contributed by atoms with van der Waals surface area (Å²) in [5, 5.41) is 20.4. The minimum Gasteiger partial charge on any atom is -0.484 e. The molecule has 0 amide bonds. The maximum atomic E-state index is 12.2. The minimum absolute atomic E-state index is 0.0287. The van der Waals surface area contributed by atoms with E-state index in [0.29, 0.717) is 22.8 Å². The van der Waals surface area contributed by atoms with Crippen LogP contribution in [0.25, 0.3) is 5.69 Å². The van der Waals surface area contributed by atoms with Gasteiger partial charge in [-0.15, -0.1) is 5.10 Å². The predicted molar refractivity (Wildman–Crippen MR) is 81.3 cm³/mol. The SMILES string of the molecule is N#Cc1ccccc1OCc1nnnn1-c1ccc(OC(F)F)cc1. The number of nitrogens with zero attached hydrogens (tertiary/aromatic N) is 5. The van der Waals surface area contributed by atoms with Crippen LogP contribution in [0.4, 0.5) is 8.78 Å². The Morgan fingerprint density at radius 3 is 2.60 bits per heavy atom. The Balaban J connectivity index is 1.75. The Morgan fingerprint density at radius 2 is 1.88 bits per heavy atom. The first kappa shape index (κ1) is 16.3. The molecule has 0 radical (unpaired) electrons. The van der Waals surface area contributed by atoms with Crippen molar-refractivity contribution < 1.29 is 18.3 Å². The summed E-state index contributed by atoms with van der Waals surface area (Å²) in [4.78, 5) is 0. The summed E-state index contributed by atoms with van der Waals surface area (Å²) in [5.74, 6) is 0.836. The lowest BCUT2D eigenvalue weighted by molar-refractivity contribution is -0.0498. The summed E-state index contributed by atoms with van der Waals surface area (Å²) in [7, 11) is 0. The first-order valence-electron chi connectivity index (χ1n) is 7.12. The number of hydrogen-bond donors (Lipinski definition) is 0. The van der Waals surface area contributed by atoms with Gasteiger partial charge in [-0.05, 0) is 46.8 Å². The van der Waals surface area contributed by atoms with Gasteiger partial charge in [0.2, 0.25) is 0 Å². The smallest absolute Gasteiger partial charge is 0.387 e. The normalized spacial score (nSPS) is 10.5. The van der Waals surface area contributed by atoms with Crippen molar-refractivity contribution in [2.75, 3.05) is 0 Å². The molecule has 1 aromatic heterocycles. The third-order valence-electron chi connectivity index (χ3n) is 3.20. The fourth-order valence-corrected chi connectivity index (χ4v) is 2.09. The van der Waals surface area contributed by atoms with E-state index in [4.69, 9.17) is 10.00 Å². The van der Waals surface area contributed by atoms with E-state index >= 15 is 0 Å². The number of rotatable bonds is 6. The molecule has 0 bridgehead atoms. The topological polar surface area (TPSA) is 85.9 Å². The maximum absolute atomic E-state index is 12.2. The molecule has 0 spiro atoms. The van der Waals surface area contributed by atoms with Crippen LogP contribution < -0.4 is 9.47 Å². The van der Waals surface area contributed by atoms with E-state index in [-0.39, 0.29) is 12.4 Å². The fourth-order valence-electron chi connectivity index (χ4n) is 2.09. The number of aromatic nitrogens is 4. The monoisotopic (exact) mass is 343 g/mol. The number of ether oxygens (including phenoxy) is 2. The van der Waals surface area contributed by atoms with Gasteiger partial charge in [0.25, 0.3) is 0 Å². The molecule has 0 atom stereocenters. The zero-order valence-electron chi connectivity index (χ0n) is 12.7. The molecule has 1 heterocycles. The zero-order valence-corrected chi connectivity index (χ0v) is 12.7. The number of alkyl halides is 2. The van der Waals surface area contributed by atoms with E-state index in [1.165, 1.54) is 16.8 Å². The quantitative estimate of drug-likeness (QED) is 0.684. The lowest BCUT2D eigenvalue weighted by Crippen LogP contribution is -2.08. The summed E-state index contributed by atoms with van der Waals surface area (Å²) in [6, 6.07) is 14.7. The molecule has 3 aromatic rings. The maximum Gasteiger partial charge on any atom is 0.387 e. The van der Waals surface area contributed by atoms with Gasteiger partial charge in [-0.1, -0.05) is 12.1 Å². The summed E-state index contributed by atoms with van der Waals surface area (Å²) >= 11 is 0. The number of tetrazole rings is 1. The van der Waals surface area contributed by atoms with E-state index in [1.807, 2.05) is 6.07 Å². The van der Waals surface area contributed by atoms with Gasteiger partial charge in [-0.2, -0.15) is 18.7 Å². The molecule has 3 rings (SSSR count). The number of para-hydroxylation sites is 1. The second-order valence-corrected chi connectivity index (χ2v) is 4.78. The molecule has 126 valence electrons. The Kier molecular flexibility index (Phi) is 4.80. The molecule has 2 aromatic carbocycles. The van der Waals surface area contributed by atoms with Gasteiger partial charge in [0, 0.05) is 0 Å². The van der Waals surface area contributed by atoms with Crippen LogP contribution in [0.1, 0.15) is 11.4 Å². The molecule has 9 heteroatoms. The van der Waals surface area contributed by atoms with Gasteiger partial charge in [0.1, 0.15) is 24.2 Å². The summed E-state index contributed by atoms with van der Waals surface area (Å²) in [6.07, 6.45) is 0. The molecule has 0 aliphatic heterocycles. The van der Waals surface area contributed by atoms with Crippen LogP contribution in [0.3, 0.4) is 0 Å². The third kappa shape index (κ3) is 3.87. The van der Waals surface area contributed by atoms with Crippen LogP contribution in [-0.4, -0.2) is 26.8 Å². The fraction of sp³-hybridized carbons (Fsp3) is 0.125. The Labute approximate surface area is 141 Å². The highest BCUT2D eigenvalue weighted by molar-refractivity contribution is 5.42. The summed E-state index contributed by atoms with van der Waals surface area (Å²) < 4.78 is 35.7. The summed E-state index contributed by atoms with van der Waals surface area (Å²) in [5.41, 5.74) is 0.953. The Hall–Kier alpha value is -3.54. The average Bonchev–Trinajstić information content (AvgIpc) is 3.09. The molecule has 0 saturated heterocycles. The van der Waals surface area contributed by atoms with E-state index in [2.05, 4.69) is 20.3 Å². The van der Waals surface area contributed by atoms with Crippen LogP contribution >= 0.6 is 0 Å². The zero-order chi connectivity index (χ0) is 17.6. The van der Waals surface area contributed by atoms with Crippen molar-refractivity contribution in [3.05, 3.63) is 59.9 Å². The highest BCUT2D eigenvalue weighted by Crippen LogP contribution is 2.20. The average molecular weight is 343 g/mol. The molecule has 0 aliphatic rings.